The minimum Gasteiger partial charge on any atom is -0.497 e. The Kier molecular flexibility index (Phi) is 7.61. The van der Waals surface area contributed by atoms with E-state index in [0.717, 1.165) is 15.6 Å². The van der Waals surface area contributed by atoms with E-state index in [1.165, 1.54) is 4.90 Å². The van der Waals surface area contributed by atoms with Crippen LogP contribution >= 0.6 is 0 Å². The molecule has 1 aromatic carbocycles. The Balaban J connectivity index is 0.00000164. The van der Waals surface area contributed by atoms with Crippen LogP contribution in [-0.4, -0.2) is 74.9 Å². The summed E-state index contributed by atoms with van der Waals surface area (Å²) in [7, 11) is 1.57. The van der Waals surface area contributed by atoms with E-state index in [4.69, 9.17) is 4.74 Å². The topological polar surface area (TPSA) is 103 Å². The number of nitriles is 1. The SMILES string of the molecule is CC.COc1ccc2c(N3CCN(C(=O)N4CCn5c(nnc5C(F)(F)F)C4)C(C)C3)c(C#N)cnc2c1. The average Bonchev–Trinajstić information content (AvgIpc) is 3.37. The molecule has 0 radical (unpaired) electrons. The van der Waals surface area contributed by atoms with Crippen LogP contribution in [0.3, 0.4) is 0 Å². The van der Waals surface area contributed by atoms with Gasteiger partial charge in [-0.2, -0.15) is 18.4 Å². The quantitative estimate of drug-likeness (QED) is 0.495. The lowest BCUT2D eigenvalue weighted by Gasteiger charge is -2.43. The number of amides is 2. The van der Waals surface area contributed by atoms with Crippen LogP contribution in [-0.2, 0) is 19.3 Å². The molecule has 1 unspecified atom stereocenters. The number of hydrogen-bond donors (Lipinski definition) is 0. The first-order valence-electron chi connectivity index (χ1n) is 12.4. The summed E-state index contributed by atoms with van der Waals surface area (Å²) in [6.07, 6.45) is -3.05. The van der Waals surface area contributed by atoms with Gasteiger partial charge in [0.25, 0.3) is 0 Å². The van der Waals surface area contributed by atoms with Crippen molar-refractivity contribution in [3.05, 3.63) is 41.6 Å². The van der Waals surface area contributed by atoms with Gasteiger partial charge in [-0.15, -0.1) is 10.2 Å². The zero-order chi connectivity index (χ0) is 27.6. The van der Waals surface area contributed by atoms with Gasteiger partial charge in [-0.05, 0) is 19.1 Å². The van der Waals surface area contributed by atoms with Gasteiger partial charge in [-0.25, -0.2) is 4.79 Å². The van der Waals surface area contributed by atoms with Gasteiger partial charge < -0.3 is 24.0 Å². The molecule has 3 aromatic rings. The fourth-order valence-electron chi connectivity index (χ4n) is 4.87. The normalized spacial score (nSPS) is 17.4. The molecular weight excluding hydrogens is 501 g/mol. The number of carbonyl (C=O) groups excluding carboxylic acids is 1. The zero-order valence-corrected chi connectivity index (χ0v) is 21.7. The number of fused-ring (bicyclic) bond motifs is 2. The van der Waals surface area contributed by atoms with E-state index in [9.17, 15) is 23.2 Å². The Morgan fingerprint density at radius 3 is 2.58 bits per heavy atom. The number of piperazine rings is 1. The Labute approximate surface area is 218 Å². The van der Waals surface area contributed by atoms with Gasteiger partial charge in [0.2, 0.25) is 5.82 Å². The number of methoxy groups -OCH3 is 1. The van der Waals surface area contributed by atoms with Crippen molar-refractivity contribution in [2.24, 2.45) is 0 Å². The number of alkyl halides is 3. The molecule has 202 valence electrons. The fourth-order valence-corrected chi connectivity index (χ4v) is 4.87. The van der Waals surface area contributed by atoms with Crippen molar-refractivity contribution in [2.45, 2.75) is 46.1 Å². The average molecular weight is 531 g/mol. The molecule has 4 heterocycles. The number of halogens is 3. The van der Waals surface area contributed by atoms with Gasteiger partial charge in [-0.3, -0.25) is 4.98 Å². The Hall–Kier alpha value is -4.08. The van der Waals surface area contributed by atoms with Crippen molar-refractivity contribution in [3.63, 3.8) is 0 Å². The highest BCUT2D eigenvalue weighted by Crippen LogP contribution is 2.33. The van der Waals surface area contributed by atoms with Crippen LogP contribution in [0.1, 0.15) is 38.0 Å². The highest BCUT2D eigenvalue weighted by atomic mass is 19.4. The lowest BCUT2D eigenvalue weighted by molar-refractivity contribution is -0.147. The van der Waals surface area contributed by atoms with Gasteiger partial charge in [0.05, 0.1) is 30.4 Å². The van der Waals surface area contributed by atoms with Gasteiger partial charge in [0.1, 0.15) is 11.8 Å². The Bertz CT molecular complexity index is 1370. The van der Waals surface area contributed by atoms with E-state index in [1.807, 2.05) is 39.0 Å². The second-order valence-corrected chi connectivity index (χ2v) is 8.80. The van der Waals surface area contributed by atoms with Crippen molar-refractivity contribution in [1.29, 1.82) is 5.26 Å². The molecule has 2 amide bonds. The van der Waals surface area contributed by atoms with E-state index in [1.54, 1.807) is 18.2 Å². The maximum atomic E-state index is 13.3. The lowest BCUT2D eigenvalue weighted by Crippen LogP contribution is -2.58. The molecule has 0 bridgehead atoms. The van der Waals surface area contributed by atoms with Crippen LogP contribution in [0.15, 0.2) is 24.4 Å². The molecule has 2 aliphatic rings. The van der Waals surface area contributed by atoms with E-state index in [2.05, 4.69) is 26.2 Å². The van der Waals surface area contributed by atoms with Crippen LogP contribution in [0, 0.1) is 11.3 Å². The number of benzene rings is 1. The van der Waals surface area contributed by atoms with Crippen molar-refractivity contribution < 1.29 is 22.7 Å². The van der Waals surface area contributed by atoms with Gasteiger partial charge in [0, 0.05) is 56.4 Å². The summed E-state index contributed by atoms with van der Waals surface area (Å²) in [6, 6.07) is 7.26. The van der Waals surface area contributed by atoms with Crippen LogP contribution < -0.4 is 9.64 Å². The Morgan fingerprint density at radius 1 is 1.16 bits per heavy atom. The smallest absolute Gasteiger partial charge is 0.451 e. The molecule has 0 N–H and O–H groups in total. The van der Waals surface area contributed by atoms with Crippen LogP contribution in [0.2, 0.25) is 0 Å². The van der Waals surface area contributed by atoms with Crippen molar-refractivity contribution in [1.82, 2.24) is 29.5 Å². The molecule has 0 aliphatic carbocycles. The highest BCUT2D eigenvalue weighted by Gasteiger charge is 2.41. The number of anilines is 1. The van der Waals surface area contributed by atoms with E-state index < -0.39 is 12.0 Å². The molecule has 13 heteroatoms. The first-order valence-corrected chi connectivity index (χ1v) is 12.4. The molecule has 5 rings (SSSR count). The van der Waals surface area contributed by atoms with Gasteiger partial charge >= 0.3 is 12.2 Å². The fraction of sp³-hybridized carbons (Fsp3) is 0.480. The van der Waals surface area contributed by atoms with Crippen molar-refractivity contribution in [3.8, 4) is 11.8 Å². The van der Waals surface area contributed by atoms with E-state index >= 15 is 0 Å². The third-order valence-electron chi connectivity index (χ3n) is 6.64. The second-order valence-electron chi connectivity index (χ2n) is 8.80. The third-order valence-corrected chi connectivity index (χ3v) is 6.64. The standard InChI is InChI=1S/C23H23F3N8O2.C2H6/c1-14-12-31(20-15(10-27)11-28-18-9-16(36-2)3-4-17(18)20)5-7-33(14)22(35)32-6-8-34-19(13-32)29-30-21(34)23(24,25)26;1-2/h3-4,9,11,14H,5-8,12-13H2,1-2H3;1-2H3. The molecule has 1 fully saturated rings. The number of ether oxygens (including phenoxy) is 1. The third kappa shape index (κ3) is 4.90. The number of hydrogen-bond acceptors (Lipinski definition) is 7. The molecule has 2 aliphatic heterocycles. The first kappa shape index (κ1) is 27.0. The molecule has 1 atom stereocenters. The van der Waals surface area contributed by atoms with E-state index in [-0.39, 0.29) is 37.5 Å². The summed E-state index contributed by atoms with van der Waals surface area (Å²) in [4.78, 5) is 23.0. The van der Waals surface area contributed by atoms with Crippen LogP contribution in [0.4, 0.5) is 23.7 Å². The molecular formula is C25H29F3N8O2. The van der Waals surface area contributed by atoms with Crippen LogP contribution in [0.5, 0.6) is 5.75 Å². The molecule has 2 aromatic heterocycles. The minimum atomic E-state index is -4.59. The van der Waals surface area contributed by atoms with E-state index in [0.29, 0.717) is 36.5 Å². The van der Waals surface area contributed by atoms with Gasteiger partial charge in [-0.1, -0.05) is 13.8 Å². The summed E-state index contributed by atoms with van der Waals surface area (Å²) >= 11 is 0. The molecule has 38 heavy (non-hydrogen) atoms. The minimum absolute atomic E-state index is 0.0186. The summed E-state index contributed by atoms with van der Waals surface area (Å²) in [5.74, 6) is -0.262. The summed E-state index contributed by atoms with van der Waals surface area (Å²) < 4.78 is 45.7. The predicted molar refractivity (Wildman–Crippen MR) is 134 cm³/mol. The maximum Gasteiger partial charge on any atom is 0.451 e. The number of aromatic nitrogens is 4. The maximum absolute atomic E-state index is 13.3. The molecule has 0 saturated carbocycles. The molecule has 1 saturated heterocycles. The largest absolute Gasteiger partial charge is 0.497 e. The summed E-state index contributed by atoms with van der Waals surface area (Å²) in [5, 5.41) is 17.5. The second kappa shape index (κ2) is 10.7. The lowest BCUT2D eigenvalue weighted by atomic mass is 10.1. The predicted octanol–water partition coefficient (Wildman–Crippen LogP) is 3.90. The van der Waals surface area contributed by atoms with Gasteiger partial charge in [0.15, 0.2) is 5.82 Å². The zero-order valence-electron chi connectivity index (χ0n) is 21.7. The molecule has 0 spiro atoms. The van der Waals surface area contributed by atoms with Crippen LogP contribution in [0.25, 0.3) is 10.9 Å². The number of rotatable bonds is 2. The summed E-state index contributed by atoms with van der Waals surface area (Å²) in [5.41, 5.74) is 1.90. The number of pyridine rings is 1. The first-order chi connectivity index (χ1) is 18.2. The highest BCUT2D eigenvalue weighted by molar-refractivity contribution is 5.95. The molecule has 10 nitrogen and oxygen atoms in total. The number of urea groups is 1. The Morgan fingerprint density at radius 2 is 1.92 bits per heavy atom. The van der Waals surface area contributed by atoms with Crippen molar-refractivity contribution >= 4 is 22.6 Å². The monoisotopic (exact) mass is 530 g/mol. The number of nitrogens with zero attached hydrogens (tertiary/aromatic N) is 8. The van der Waals surface area contributed by atoms with Crippen molar-refractivity contribution in [2.75, 3.05) is 38.2 Å². The summed E-state index contributed by atoms with van der Waals surface area (Å²) in [6.45, 7) is 7.35. The number of carbonyl (C=O) groups is 1.